The molecule has 31 heavy (non-hydrogen) atoms. The fraction of sp³-hybridized carbons (Fsp3) is 0.625. The van der Waals surface area contributed by atoms with Gasteiger partial charge in [-0.25, -0.2) is 4.79 Å². The van der Waals surface area contributed by atoms with Gasteiger partial charge in [-0.15, -0.1) is 0 Å². The van der Waals surface area contributed by atoms with Gasteiger partial charge in [0.25, 0.3) is 0 Å². The maximum atomic E-state index is 12.5. The van der Waals surface area contributed by atoms with Gasteiger partial charge in [0.05, 0.1) is 18.6 Å². The number of carbonyl (C=O) groups excluding carboxylic acids is 4. The van der Waals surface area contributed by atoms with Gasteiger partial charge in [0.15, 0.2) is 0 Å². The zero-order valence-corrected chi connectivity index (χ0v) is 17.5. The molecule has 14 nitrogen and oxygen atoms in total. The van der Waals surface area contributed by atoms with Crippen LogP contribution in [0.5, 0.6) is 0 Å². The lowest BCUT2D eigenvalue weighted by Crippen LogP contribution is -2.60. The Labute approximate surface area is 182 Å². The van der Waals surface area contributed by atoms with Gasteiger partial charge in [0, 0.05) is 12.2 Å². The second-order valence-electron chi connectivity index (χ2n) is 6.58. The van der Waals surface area contributed by atoms with Crippen molar-refractivity contribution in [1.29, 1.82) is 0 Å². The number of carboxylic acids is 2. The summed E-state index contributed by atoms with van der Waals surface area (Å²) in [6, 6.07) is -5.90. The molecule has 0 aromatic rings. The number of nitrogens with two attached hydrogens (primary N) is 2. The number of rotatable bonds is 14. The minimum Gasteiger partial charge on any atom is -0.481 e. The average molecular weight is 465 g/mol. The molecule has 15 heteroatoms. The minimum absolute atomic E-state index is 0.100. The molecule has 10 N–H and O–H groups in total. The summed E-state index contributed by atoms with van der Waals surface area (Å²) in [7, 11) is 0. The number of aliphatic hydroxyl groups is 1. The van der Waals surface area contributed by atoms with Gasteiger partial charge in [-0.3, -0.25) is 24.0 Å². The highest BCUT2D eigenvalue weighted by atomic mass is 32.1. The number of hydrogen-bond donors (Lipinski definition) is 9. The van der Waals surface area contributed by atoms with E-state index in [2.05, 4.69) is 23.3 Å². The van der Waals surface area contributed by atoms with E-state index in [0.29, 0.717) is 0 Å². The van der Waals surface area contributed by atoms with Crippen molar-refractivity contribution >= 4 is 48.2 Å². The second-order valence-corrected chi connectivity index (χ2v) is 6.94. The third-order valence-electron chi connectivity index (χ3n) is 3.91. The van der Waals surface area contributed by atoms with Crippen LogP contribution in [0.2, 0.25) is 0 Å². The van der Waals surface area contributed by atoms with E-state index in [9.17, 15) is 33.9 Å². The van der Waals surface area contributed by atoms with Crippen molar-refractivity contribution in [3.63, 3.8) is 0 Å². The predicted octanol–water partition coefficient (Wildman–Crippen LogP) is -4.10. The van der Waals surface area contributed by atoms with Crippen LogP contribution >= 0.6 is 12.6 Å². The van der Waals surface area contributed by atoms with E-state index in [0.717, 1.165) is 0 Å². The summed E-state index contributed by atoms with van der Waals surface area (Å²) in [5.74, 6) is -6.96. The van der Waals surface area contributed by atoms with Gasteiger partial charge in [-0.05, 0) is 13.3 Å². The topological polar surface area (TPSA) is 251 Å². The Morgan fingerprint density at radius 3 is 1.90 bits per heavy atom. The SMILES string of the molecule is CC(O)C(NC(=O)C(N)CCC(N)=O)C(=O)NC(CS)C(=O)NC(CC(=O)O)C(=O)O. The number of aliphatic hydroxyl groups excluding tert-OH is 1. The summed E-state index contributed by atoms with van der Waals surface area (Å²) < 4.78 is 0. The van der Waals surface area contributed by atoms with E-state index < -0.39 is 72.3 Å². The minimum atomic E-state index is -1.75. The molecule has 5 atom stereocenters. The Hall–Kier alpha value is -2.91. The molecule has 0 rings (SSSR count). The molecule has 0 aliphatic carbocycles. The number of nitrogens with one attached hydrogen (secondary N) is 3. The Balaban J connectivity index is 5.15. The van der Waals surface area contributed by atoms with Crippen LogP contribution in [0.1, 0.15) is 26.2 Å². The molecule has 0 heterocycles. The van der Waals surface area contributed by atoms with Gasteiger partial charge in [0.2, 0.25) is 23.6 Å². The van der Waals surface area contributed by atoms with Crippen molar-refractivity contribution in [3.8, 4) is 0 Å². The van der Waals surface area contributed by atoms with Crippen LogP contribution in [0, 0.1) is 0 Å². The summed E-state index contributed by atoms with van der Waals surface area (Å²) >= 11 is 3.89. The highest BCUT2D eigenvalue weighted by Gasteiger charge is 2.32. The van der Waals surface area contributed by atoms with Gasteiger partial charge in [-0.1, -0.05) is 0 Å². The highest BCUT2D eigenvalue weighted by Crippen LogP contribution is 2.01. The Morgan fingerprint density at radius 1 is 0.935 bits per heavy atom. The lowest BCUT2D eigenvalue weighted by Gasteiger charge is -2.25. The quantitative estimate of drug-likeness (QED) is 0.112. The summed E-state index contributed by atoms with van der Waals surface area (Å²) in [5, 5.41) is 33.9. The van der Waals surface area contributed by atoms with Crippen LogP contribution in [-0.4, -0.2) is 86.9 Å². The van der Waals surface area contributed by atoms with E-state index >= 15 is 0 Å². The molecule has 0 aromatic heterocycles. The first-order valence-corrected chi connectivity index (χ1v) is 9.61. The smallest absolute Gasteiger partial charge is 0.326 e. The van der Waals surface area contributed by atoms with E-state index in [1.54, 1.807) is 0 Å². The number of hydrogen-bond acceptors (Lipinski definition) is 9. The first-order chi connectivity index (χ1) is 14.3. The third kappa shape index (κ3) is 10.6. The third-order valence-corrected chi connectivity index (χ3v) is 4.28. The molecule has 0 saturated carbocycles. The Kier molecular flexibility index (Phi) is 12.1. The fourth-order valence-electron chi connectivity index (χ4n) is 2.20. The van der Waals surface area contributed by atoms with Crippen LogP contribution < -0.4 is 27.4 Å². The zero-order valence-electron chi connectivity index (χ0n) is 16.6. The highest BCUT2D eigenvalue weighted by molar-refractivity contribution is 7.80. The van der Waals surface area contributed by atoms with Crippen molar-refractivity contribution in [2.45, 2.75) is 56.5 Å². The van der Waals surface area contributed by atoms with E-state index in [1.807, 2.05) is 5.32 Å². The van der Waals surface area contributed by atoms with Gasteiger partial charge in [0.1, 0.15) is 18.1 Å². The molecule has 0 aliphatic rings. The number of primary amides is 1. The summed E-state index contributed by atoms with van der Waals surface area (Å²) in [6.07, 6.45) is -2.60. The standard InChI is InChI=1S/C16H27N5O9S/c1-6(22)12(21-13(26)7(17)2-3-10(18)23)15(28)20-9(5-31)14(27)19-8(16(29)30)4-11(24)25/h6-9,12,22,31H,2-5,17H2,1H3,(H2,18,23)(H,19,27)(H,20,28)(H,21,26)(H,24,25)(H,29,30). The van der Waals surface area contributed by atoms with Crippen LogP contribution in [0.25, 0.3) is 0 Å². The number of amides is 4. The molecular formula is C16H27N5O9S. The van der Waals surface area contributed by atoms with Crippen molar-refractivity contribution in [2.75, 3.05) is 5.75 Å². The fourth-order valence-corrected chi connectivity index (χ4v) is 2.45. The number of aliphatic carboxylic acids is 2. The maximum Gasteiger partial charge on any atom is 0.326 e. The van der Waals surface area contributed by atoms with Crippen molar-refractivity contribution in [2.24, 2.45) is 11.5 Å². The molecular weight excluding hydrogens is 438 g/mol. The van der Waals surface area contributed by atoms with Crippen LogP contribution in [0.4, 0.5) is 0 Å². The van der Waals surface area contributed by atoms with E-state index in [4.69, 9.17) is 21.7 Å². The molecule has 0 fully saturated rings. The van der Waals surface area contributed by atoms with Crippen molar-refractivity contribution in [3.05, 3.63) is 0 Å². The van der Waals surface area contributed by atoms with E-state index in [1.165, 1.54) is 6.92 Å². The van der Waals surface area contributed by atoms with Crippen molar-refractivity contribution < 1.29 is 44.1 Å². The number of thiol groups is 1. The summed E-state index contributed by atoms with van der Waals surface area (Å²) in [6.45, 7) is 1.18. The maximum absolute atomic E-state index is 12.5. The van der Waals surface area contributed by atoms with Gasteiger partial charge < -0.3 is 42.7 Å². The summed E-state index contributed by atoms with van der Waals surface area (Å²) in [4.78, 5) is 69.3. The number of carbonyl (C=O) groups is 6. The molecule has 0 radical (unpaired) electrons. The van der Waals surface area contributed by atoms with Crippen LogP contribution in [0.3, 0.4) is 0 Å². The van der Waals surface area contributed by atoms with Crippen LogP contribution in [-0.2, 0) is 28.8 Å². The Bertz CT molecular complexity index is 703. The van der Waals surface area contributed by atoms with Gasteiger partial charge in [-0.2, -0.15) is 12.6 Å². The monoisotopic (exact) mass is 465 g/mol. The Morgan fingerprint density at radius 2 is 1.48 bits per heavy atom. The molecule has 0 bridgehead atoms. The normalized spacial score (nSPS) is 15.5. The molecule has 5 unspecified atom stereocenters. The predicted molar refractivity (Wildman–Crippen MR) is 108 cm³/mol. The number of carboxylic acid groups (broad SMARTS) is 2. The van der Waals surface area contributed by atoms with Crippen molar-refractivity contribution in [1.82, 2.24) is 16.0 Å². The van der Waals surface area contributed by atoms with E-state index in [-0.39, 0.29) is 18.6 Å². The zero-order chi connectivity index (χ0) is 24.3. The van der Waals surface area contributed by atoms with Crippen LogP contribution in [0.15, 0.2) is 0 Å². The molecule has 4 amide bonds. The van der Waals surface area contributed by atoms with Gasteiger partial charge >= 0.3 is 11.9 Å². The molecule has 0 spiro atoms. The lowest BCUT2D eigenvalue weighted by molar-refractivity contribution is -0.147. The first kappa shape index (κ1) is 28.1. The molecule has 0 aromatic carbocycles. The average Bonchev–Trinajstić information content (AvgIpc) is 2.66. The first-order valence-electron chi connectivity index (χ1n) is 8.98. The molecule has 0 saturated heterocycles. The molecule has 0 aliphatic heterocycles. The summed E-state index contributed by atoms with van der Waals surface area (Å²) in [5.41, 5.74) is 10.6. The molecule has 176 valence electrons. The largest absolute Gasteiger partial charge is 0.481 e. The lowest BCUT2D eigenvalue weighted by atomic mass is 10.1. The second kappa shape index (κ2) is 13.4.